The standard InChI is InChI=1S/C11H18O/c1-5-8-10(7-3)11(12-4)9-6-2/h5,7,9H,1,6,8H2,2-4H3/b10-7-,11-9+. The molecule has 0 saturated carbocycles. The molecule has 0 heterocycles. The van der Waals surface area contributed by atoms with E-state index >= 15 is 0 Å². The molecule has 0 unspecified atom stereocenters. The van der Waals surface area contributed by atoms with Gasteiger partial charge in [0.2, 0.25) is 0 Å². The van der Waals surface area contributed by atoms with Crippen molar-refractivity contribution in [1.82, 2.24) is 0 Å². The van der Waals surface area contributed by atoms with Gasteiger partial charge < -0.3 is 4.74 Å². The van der Waals surface area contributed by atoms with Gasteiger partial charge in [-0.3, -0.25) is 0 Å². The summed E-state index contributed by atoms with van der Waals surface area (Å²) in [6, 6.07) is 0. The maximum atomic E-state index is 5.24. The molecule has 0 aliphatic rings. The molecule has 0 radical (unpaired) electrons. The maximum absolute atomic E-state index is 5.24. The fourth-order valence-electron chi connectivity index (χ4n) is 1.05. The van der Waals surface area contributed by atoms with Crippen LogP contribution in [0, 0.1) is 0 Å². The van der Waals surface area contributed by atoms with E-state index in [0.717, 1.165) is 18.6 Å². The molecule has 0 aliphatic heterocycles. The second-order valence-corrected chi connectivity index (χ2v) is 2.49. The molecule has 0 atom stereocenters. The van der Waals surface area contributed by atoms with Crippen molar-refractivity contribution >= 4 is 0 Å². The highest BCUT2D eigenvalue weighted by atomic mass is 16.5. The molecule has 0 amide bonds. The van der Waals surface area contributed by atoms with Crippen LogP contribution < -0.4 is 0 Å². The van der Waals surface area contributed by atoms with E-state index < -0.39 is 0 Å². The Labute approximate surface area is 75.4 Å². The minimum Gasteiger partial charge on any atom is -0.497 e. The van der Waals surface area contributed by atoms with Gasteiger partial charge in [0.1, 0.15) is 5.76 Å². The molecule has 0 saturated heterocycles. The molecule has 1 heteroatoms. The van der Waals surface area contributed by atoms with E-state index in [1.165, 1.54) is 5.57 Å². The smallest absolute Gasteiger partial charge is 0.118 e. The van der Waals surface area contributed by atoms with Crippen LogP contribution in [0.25, 0.3) is 0 Å². The van der Waals surface area contributed by atoms with Crippen LogP contribution in [0.15, 0.2) is 36.1 Å². The number of allylic oxidation sites excluding steroid dienone is 4. The van der Waals surface area contributed by atoms with Crippen LogP contribution in [0.5, 0.6) is 0 Å². The highest BCUT2D eigenvalue weighted by molar-refractivity contribution is 5.26. The predicted octanol–water partition coefficient (Wildman–Crippen LogP) is 3.45. The van der Waals surface area contributed by atoms with E-state index in [0.29, 0.717) is 0 Å². The zero-order valence-corrected chi connectivity index (χ0v) is 8.26. The number of hydrogen-bond acceptors (Lipinski definition) is 1. The Balaban J connectivity index is 4.45. The zero-order chi connectivity index (χ0) is 9.40. The van der Waals surface area contributed by atoms with E-state index in [2.05, 4.69) is 25.7 Å². The molecule has 1 nitrogen and oxygen atoms in total. The van der Waals surface area contributed by atoms with Gasteiger partial charge in [-0.25, -0.2) is 0 Å². The van der Waals surface area contributed by atoms with Crippen LogP contribution in [-0.2, 0) is 4.74 Å². The van der Waals surface area contributed by atoms with Gasteiger partial charge in [-0.05, 0) is 31.4 Å². The Bertz CT molecular complexity index is 187. The van der Waals surface area contributed by atoms with Crippen LogP contribution in [-0.4, -0.2) is 7.11 Å². The predicted molar refractivity (Wildman–Crippen MR) is 54.0 cm³/mol. The normalized spacial score (nSPS) is 12.9. The lowest BCUT2D eigenvalue weighted by atomic mass is 10.1. The lowest BCUT2D eigenvalue weighted by Gasteiger charge is -2.08. The van der Waals surface area contributed by atoms with Gasteiger partial charge in [-0.15, -0.1) is 6.58 Å². The Kier molecular flexibility index (Phi) is 6.16. The molecule has 0 aromatic rings. The summed E-state index contributed by atoms with van der Waals surface area (Å²) in [7, 11) is 1.70. The van der Waals surface area contributed by atoms with Crippen molar-refractivity contribution in [2.45, 2.75) is 26.7 Å². The van der Waals surface area contributed by atoms with Crippen molar-refractivity contribution in [3.63, 3.8) is 0 Å². The molecule has 0 aromatic carbocycles. The summed E-state index contributed by atoms with van der Waals surface area (Å²) in [6.07, 6.45) is 7.90. The zero-order valence-electron chi connectivity index (χ0n) is 8.26. The Hall–Kier alpha value is -0.980. The third kappa shape index (κ3) is 3.42. The summed E-state index contributed by atoms with van der Waals surface area (Å²) in [4.78, 5) is 0. The topological polar surface area (TPSA) is 9.23 Å². The summed E-state index contributed by atoms with van der Waals surface area (Å²) in [5, 5.41) is 0. The van der Waals surface area contributed by atoms with E-state index in [1.807, 2.05) is 13.0 Å². The molecule has 0 spiro atoms. The first kappa shape index (κ1) is 11.0. The number of ether oxygens (including phenoxy) is 1. The molecule has 0 rings (SSSR count). The molecule has 0 aromatic heterocycles. The van der Waals surface area contributed by atoms with Crippen molar-refractivity contribution in [1.29, 1.82) is 0 Å². The van der Waals surface area contributed by atoms with Gasteiger partial charge in [0, 0.05) is 0 Å². The largest absolute Gasteiger partial charge is 0.497 e. The van der Waals surface area contributed by atoms with Gasteiger partial charge in [0.25, 0.3) is 0 Å². The van der Waals surface area contributed by atoms with Gasteiger partial charge in [0.05, 0.1) is 7.11 Å². The summed E-state index contributed by atoms with van der Waals surface area (Å²) in [6.45, 7) is 7.81. The van der Waals surface area contributed by atoms with Gasteiger partial charge >= 0.3 is 0 Å². The van der Waals surface area contributed by atoms with Crippen molar-refractivity contribution < 1.29 is 4.74 Å². The first-order chi connectivity index (χ1) is 5.79. The SMILES string of the molecule is C=CCC(=C/C)/C(=C\CC)OC. The highest BCUT2D eigenvalue weighted by Crippen LogP contribution is 2.15. The monoisotopic (exact) mass is 166 g/mol. The summed E-state index contributed by atoms with van der Waals surface area (Å²) >= 11 is 0. The van der Waals surface area contributed by atoms with Crippen LogP contribution >= 0.6 is 0 Å². The quantitative estimate of drug-likeness (QED) is 0.345. The number of rotatable bonds is 5. The minimum atomic E-state index is 0.871. The fraction of sp³-hybridized carbons (Fsp3) is 0.455. The van der Waals surface area contributed by atoms with E-state index in [9.17, 15) is 0 Å². The second-order valence-electron chi connectivity index (χ2n) is 2.49. The van der Waals surface area contributed by atoms with Crippen molar-refractivity contribution in [2.24, 2.45) is 0 Å². The molecular weight excluding hydrogens is 148 g/mol. The third-order valence-corrected chi connectivity index (χ3v) is 1.64. The van der Waals surface area contributed by atoms with E-state index in [4.69, 9.17) is 4.74 Å². The number of hydrogen-bond donors (Lipinski definition) is 0. The van der Waals surface area contributed by atoms with Gasteiger partial charge in [-0.2, -0.15) is 0 Å². The molecular formula is C11H18O. The molecule has 12 heavy (non-hydrogen) atoms. The maximum Gasteiger partial charge on any atom is 0.118 e. The molecule has 0 bridgehead atoms. The first-order valence-corrected chi connectivity index (χ1v) is 4.30. The summed E-state index contributed by atoms with van der Waals surface area (Å²) in [5.74, 6) is 0.972. The molecule has 0 N–H and O–H groups in total. The molecule has 0 fully saturated rings. The van der Waals surface area contributed by atoms with Gasteiger partial charge in [0.15, 0.2) is 0 Å². The Morgan fingerprint density at radius 1 is 1.50 bits per heavy atom. The number of methoxy groups -OCH3 is 1. The third-order valence-electron chi connectivity index (χ3n) is 1.64. The molecule has 0 aliphatic carbocycles. The minimum absolute atomic E-state index is 0.871. The average molecular weight is 166 g/mol. The van der Waals surface area contributed by atoms with Crippen LogP contribution in [0.1, 0.15) is 26.7 Å². The van der Waals surface area contributed by atoms with Crippen LogP contribution in [0.4, 0.5) is 0 Å². The van der Waals surface area contributed by atoms with Crippen molar-refractivity contribution in [3.8, 4) is 0 Å². The summed E-state index contributed by atoms with van der Waals surface area (Å²) < 4.78 is 5.24. The van der Waals surface area contributed by atoms with Crippen molar-refractivity contribution in [2.75, 3.05) is 7.11 Å². The lowest BCUT2D eigenvalue weighted by molar-refractivity contribution is 0.298. The fourth-order valence-corrected chi connectivity index (χ4v) is 1.05. The lowest BCUT2D eigenvalue weighted by Crippen LogP contribution is -1.91. The first-order valence-electron chi connectivity index (χ1n) is 4.30. The highest BCUT2D eigenvalue weighted by Gasteiger charge is 2.00. The second kappa shape index (κ2) is 6.71. The van der Waals surface area contributed by atoms with E-state index in [-0.39, 0.29) is 0 Å². The Morgan fingerprint density at radius 3 is 2.50 bits per heavy atom. The summed E-state index contributed by atoms with van der Waals surface area (Å²) in [5.41, 5.74) is 1.20. The molecule has 68 valence electrons. The van der Waals surface area contributed by atoms with Crippen molar-refractivity contribution in [3.05, 3.63) is 36.1 Å². The van der Waals surface area contributed by atoms with Crippen LogP contribution in [0.2, 0.25) is 0 Å². The Morgan fingerprint density at radius 2 is 2.17 bits per heavy atom. The van der Waals surface area contributed by atoms with Gasteiger partial charge in [-0.1, -0.05) is 19.1 Å². The average Bonchev–Trinajstić information content (AvgIpc) is 2.11. The van der Waals surface area contributed by atoms with Crippen LogP contribution in [0.3, 0.4) is 0 Å². The van der Waals surface area contributed by atoms with E-state index in [1.54, 1.807) is 7.11 Å².